The standard InChI is InChI=1S/C9H16O3.C8H17NO2/c1-3-12-9(11)7-5-4-6-8(2)10;1-3-11-8(10)6-4-5-7-9-2/h3-7H2,1-2H3;9H,3-7H2,1-2H3. The molecule has 0 atom stereocenters. The predicted octanol–water partition coefficient (Wildman–Crippen LogP) is 2.64. The number of Topliss-reactive ketones (excluding diaryl/α,β-unsaturated/α-hetero) is 1. The molecule has 0 spiro atoms. The van der Waals surface area contributed by atoms with E-state index in [-0.39, 0.29) is 17.7 Å². The Balaban J connectivity index is 0. The number of esters is 2. The monoisotopic (exact) mass is 331 g/mol. The van der Waals surface area contributed by atoms with Crippen molar-refractivity contribution in [1.29, 1.82) is 0 Å². The van der Waals surface area contributed by atoms with E-state index in [4.69, 9.17) is 9.47 Å². The Morgan fingerprint density at radius 2 is 1.22 bits per heavy atom. The first-order chi connectivity index (χ1) is 11.0. The van der Waals surface area contributed by atoms with Gasteiger partial charge in [0.05, 0.1) is 13.2 Å². The number of rotatable bonds is 12. The van der Waals surface area contributed by atoms with Gasteiger partial charge in [-0.05, 0) is 60.0 Å². The second kappa shape index (κ2) is 18.6. The molecule has 0 amide bonds. The van der Waals surface area contributed by atoms with Crippen molar-refractivity contribution in [1.82, 2.24) is 5.32 Å². The number of carbonyl (C=O) groups is 3. The number of nitrogens with one attached hydrogen (secondary N) is 1. The van der Waals surface area contributed by atoms with Gasteiger partial charge in [-0.3, -0.25) is 9.59 Å². The zero-order chi connectivity index (χ0) is 17.9. The van der Waals surface area contributed by atoms with E-state index in [0.29, 0.717) is 32.5 Å². The highest BCUT2D eigenvalue weighted by molar-refractivity contribution is 5.75. The highest BCUT2D eigenvalue weighted by Gasteiger charge is 2.01. The zero-order valence-corrected chi connectivity index (χ0v) is 15.1. The highest BCUT2D eigenvalue weighted by Crippen LogP contribution is 2.01. The molecule has 6 heteroatoms. The molecule has 0 aliphatic rings. The molecule has 0 aromatic heterocycles. The summed E-state index contributed by atoms with van der Waals surface area (Å²) in [6.45, 7) is 7.07. The van der Waals surface area contributed by atoms with Crippen LogP contribution in [0.3, 0.4) is 0 Å². The van der Waals surface area contributed by atoms with Crippen LogP contribution < -0.4 is 5.32 Å². The van der Waals surface area contributed by atoms with Crippen LogP contribution in [-0.2, 0) is 23.9 Å². The van der Waals surface area contributed by atoms with Crippen LogP contribution in [0.2, 0.25) is 0 Å². The number of hydrogen-bond donors (Lipinski definition) is 1. The normalized spacial score (nSPS) is 9.57. The minimum atomic E-state index is -0.166. The fourth-order valence-electron chi connectivity index (χ4n) is 1.68. The molecule has 0 saturated carbocycles. The first kappa shape index (κ1) is 23.8. The largest absolute Gasteiger partial charge is 0.466 e. The molecule has 0 saturated heterocycles. The lowest BCUT2D eigenvalue weighted by atomic mass is 10.1. The predicted molar refractivity (Wildman–Crippen MR) is 90.2 cm³/mol. The Morgan fingerprint density at radius 1 is 0.783 bits per heavy atom. The average Bonchev–Trinajstić information content (AvgIpc) is 2.49. The maximum atomic E-state index is 10.8. The van der Waals surface area contributed by atoms with Crippen LogP contribution in [0.1, 0.15) is 65.7 Å². The minimum Gasteiger partial charge on any atom is -0.466 e. The van der Waals surface area contributed by atoms with Gasteiger partial charge in [0.15, 0.2) is 0 Å². The van der Waals surface area contributed by atoms with Gasteiger partial charge >= 0.3 is 11.9 Å². The molecule has 0 aliphatic heterocycles. The Morgan fingerprint density at radius 3 is 1.61 bits per heavy atom. The van der Waals surface area contributed by atoms with Crippen molar-refractivity contribution in [3.63, 3.8) is 0 Å². The summed E-state index contributed by atoms with van der Waals surface area (Å²) in [6.07, 6.45) is 5.04. The summed E-state index contributed by atoms with van der Waals surface area (Å²) >= 11 is 0. The number of unbranched alkanes of at least 4 members (excludes halogenated alkanes) is 2. The van der Waals surface area contributed by atoms with Crippen molar-refractivity contribution < 1.29 is 23.9 Å². The molecule has 0 heterocycles. The van der Waals surface area contributed by atoms with E-state index >= 15 is 0 Å². The molecule has 0 fully saturated rings. The summed E-state index contributed by atoms with van der Waals surface area (Å²) in [5.74, 6) is -0.0662. The number of ketones is 1. The lowest BCUT2D eigenvalue weighted by Crippen LogP contribution is -2.09. The third kappa shape index (κ3) is 23.0. The summed E-state index contributed by atoms with van der Waals surface area (Å²) in [5.41, 5.74) is 0. The van der Waals surface area contributed by atoms with Crippen molar-refractivity contribution in [2.24, 2.45) is 0 Å². The van der Waals surface area contributed by atoms with E-state index < -0.39 is 0 Å². The molecule has 0 radical (unpaired) electrons. The molecule has 1 N–H and O–H groups in total. The van der Waals surface area contributed by atoms with Gasteiger partial charge in [0, 0.05) is 19.3 Å². The number of ether oxygens (including phenoxy) is 2. The van der Waals surface area contributed by atoms with E-state index in [9.17, 15) is 14.4 Å². The second-order valence-electron chi connectivity index (χ2n) is 5.08. The van der Waals surface area contributed by atoms with Crippen molar-refractivity contribution in [3.8, 4) is 0 Å². The minimum absolute atomic E-state index is 0.0800. The van der Waals surface area contributed by atoms with Crippen molar-refractivity contribution in [2.75, 3.05) is 26.8 Å². The van der Waals surface area contributed by atoms with Gasteiger partial charge in [-0.15, -0.1) is 0 Å². The maximum absolute atomic E-state index is 10.8. The van der Waals surface area contributed by atoms with Crippen molar-refractivity contribution in [3.05, 3.63) is 0 Å². The van der Waals surface area contributed by atoms with Gasteiger partial charge < -0.3 is 19.6 Å². The van der Waals surface area contributed by atoms with E-state index in [1.807, 2.05) is 14.0 Å². The molecule has 0 unspecified atom stereocenters. The van der Waals surface area contributed by atoms with Gasteiger partial charge in [-0.25, -0.2) is 0 Å². The Hall–Kier alpha value is -1.43. The smallest absolute Gasteiger partial charge is 0.305 e. The zero-order valence-electron chi connectivity index (χ0n) is 15.1. The SMILES string of the molecule is CCOC(=O)CCCCC(C)=O.CCOC(=O)CCCCNC. The molecule has 0 aliphatic carbocycles. The molecule has 6 nitrogen and oxygen atoms in total. The third-order valence-corrected chi connectivity index (χ3v) is 2.83. The Kier molecular flexibility index (Phi) is 19.3. The van der Waals surface area contributed by atoms with E-state index in [1.54, 1.807) is 13.8 Å². The summed E-state index contributed by atoms with van der Waals surface area (Å²) < 4.78 is 9.49. The summed E-state index contributed by atoms with van der Waals surface area (Å²) in [7, 11) is 1.91. The van der Waals surface area contributed by atoms with E-state index in [2.05, 4.69) is 5.32 Å². The van der Waals surface area contributed by atoms with Crippen LogP contribution in [0.4, 0.5) is 0 Å². The maximum Gasteiger partial charge on any atom is 0.305 e. The lowest BCUT2D eigenvalue weighted by molar-refractivity contribution is -0.144. The average molecular weight is 331 g/mol. The van der Waals surface area contributed by atoms with Gasteiger partial charge in [0.25, 0.3) is 0 Å². The van der Waals surface area contributed by atoms with E-state index in [1.165, 1.54) is 0 Å². The van der Waals surface area contributed by atoms with Crippen LogP contribution in [-0.4, -0.2) is 44.5 Å². The van der Waals surface area contributed by atoms with Crippen LogP contribution in [0.15, 0.2) is 0 Å². The molecule has 0 aromatic rings. The quantitative estimate of drug-likeness (QED) is 0.437. The molecular weight excluding hydrogens is 298 g/mol. The summed E-state index contributed by atoms with van der Waals surface area (Å²) in [5, 5.41) is 3.02. The van der Waals surface area contributed by atoms with Gasteiger partial charge in [0.1, 0.15) is 5.78 Å². The molecule has 23 heavy (non-hydrogen) atoms. The second-order valence-corrected chi connectivity index (χ2v) is 5.08. The highest BCUT2D eigenvalue weighted by atomic mass is 16.5. The Labute approximate surface area is 140 Å². The number of hydrogen-bond acceptors (Lipinski definition) is 6. The Bertz CT molecular complexity index is 318. The summed E-state index contributed by atoms with van der Waals surface area (Å²) in [6, 6.07) is 0. The first-order valence-corrected chi connectivity index (χ1v) is 8.43. The van der Waals surface area contributed by atoms with Crippen molar-refractivity contribution in [2.45, 2.75) is 65.7 Å². The molecule has 0 bridgehead atoms. The van der Waals surface area contributed by atoms with E-state index in [0.717, 1.165) is 32.2 Å². The third-order valence-electron chi connectivity index (χ3n) is 2.83. The van der Waals surface area contributed by atoms with Gasteiger partial charge in [-0.1, -0.05) is 0 Å². The molecular formula is C17H33NO5. The van der Waals surface area contributed by atoms with Crippen molar-refractivity contribution >= 4 is 17.7 Å². The lowest BCUT2D eigenvalue weighted by Gasteiger charge is -2.00. The van der Waals surface area contributed by atoms with Gasteiger partial charge in [-0.2, -0.15) is 0 Å². The molecule has 0 rings (SSSR count). The first-order valence-electron chi connectivity index (χ1n) is 8.43. The van der Waals surface area contributed by atoms with Crippen LogP contribution >= 0.6 is 0 Å². The van der Waals surface area contributed by atoms with Crippen LogP contribution in [0.5, 0.6) is 0 Å². The fourth-order valence-corrected chi connectivity index (χ4v) is 1.68. The molecule has 0 aromatic carbocycles. The van der Waals surface area contributed by atoms with Crippen LogP contribution in [0, 0.1) is 0 Å². The number of carbonyl (C=O) groups excluding carboxylic acids is 3. The molecule has 136 valence electrons. The van der Waals surface area contributed by atoms with Crippen LogP contribution in [0.25, 0.3) is 0 Å². The topological polar surface area (TPSA) is 81.7 Å². The fraction of sp³-hybridized carbons (Fsp3) is 0.824. The summed E-state index contributed by atoms with van der Waals surface area (Å²) in [4.78, 5) is 32.0. The van der Waals surface area contributed by atoms with Gasteiger partial charge in [0.2, 0.25) is 0 Å².